The van der Waals surface area contributed by atoms with Crippen molar-refractivity contribution < 1.29 is 21.6 Å². The van der Waals surface area contributed by atoms with Crippen LogP contribution < -0.4 is 10.0 Å². The molecule has 2 aromatic heterocycles. The summed E-state index contributed by atoms with van der Waals surface area (Å²) in [4.78, 5) is 8.17. The Bertz CT molecular complexity index is 1240. The maximum absolute atomic E-state index is 13.6. The van der Waals surface area contributed by atoms with Gasteiger partial charge in [-0.1, -0.05) is 30.3 Å². The number of hydrogen-bond donors (Lipinski definition) is 2. The summed E-state index contributed by atoms with van der Waals surface area (Å²) < 4.78 is 68.7. The third-order valence-corrected chi connectivity index (χ3v) is 6.55. The van der Waals surface area contributed by atoms with Gasteiger partial charge in [0.05, 0.1) is 11.3 Å². The van der Waals surface area contributed by atoms with Crippen molar-refractivity contribution in [2.24, 2.45) is 0 Å². The number of alkyl halides is 3. The fourth-order valence-electron chi connectivity index (χ4n) is 3.39. The largest absolute Gasteiger partial charge is 0.418 e. The number of benzene rings is 1. The molecule has 0 radical (unpaired) electrons. The lowest BCUT2D eigenvalue weighted by atomic mass is 9.93. The zero-order chi connectivity index (χ0) is 22.9. The van der Waals surface area contributed by atoms with Crippen LogP contribution in [-0.2, 0) is 16.2 Å². The van der Waals surface area contributed by atoms with Gasteiger partial charge in [0.15, 0.2) is 5.03 Å². The van der Waals surface area contributed by atoms with Gasteiger partial charge in [0.2, 0.25) is 0 Å². The second kappa shape index (κ2) is 8.42. The topological polar surface area (TPSA) is 84.0 Å². The minimum atomic E-state index is -4.65. The highest BCUT2D eigenvalue weighted by molar-refractivity contribution is 7.92. The average Bonchev–Trinajstić information content (AvgIpc) is 2.70. The molecule has 10 heteroatoms. The van der Waals surface area contributed by atoms with Crippen LogP contribution in [0.15, 0.2) is 59.6 Å². The van der Waals surface area contributed by atoms with Crippen molar-refractivity contribution in [1.29, 1.82) is 0 Å². The van der Waals surface area contributed by atoms with E-state index in [-0.39, 0.29) is 28.1 Å². The van der Waals surface area contributed by atoms with Crippen molar-refractivity contribution in [3.63, 3.8) is 0 Å². The maximum Gasteiger partial charge on any atom is 0.418 e. The van der Waals surface area contributed by atoms with E-state index >= 15 is 0 Å². The Morgan fingerprint density at radius 2 is 1.69 bits per heavy atom. The first kappa shape index (κ1) is 22.1. The molecule has 0 amide bonds. The molecule has 6 nitrogen and oxygen atoms in total. The highest BCUT2D eigenvalue weighted by atomic mass is 32.2. The molecular weight excluding hydrogens is 441 g/mol. The highest BCUT2D eigenvalue weighted by Gasteiger charge is 2.35. The standard InChI is InChI=1S/C22H21F3N4O2S/c1-14-6-2-3-9-16(14)21-17(22(23,24)25)12-13-19(28-21)29-32(30,31)20-11-5-10-18(27-20)26-15-7-4-8-15/h2-3,5-6,9-13,15H,4,7-8H2,1H3,(H,26,27)(H,28,29). The molecule has 1 aliphatic carbocycles. The van der Waals surface area contributed by atoms with Gasteiger partial charge in [-0.05, 0) is 56.0 Å². The second-order valence-corrected chi connectivity index (χ2v) is 9.27. The number of aryl methyl sites for hydroxylation is 1. The van der Waals surface area contributed by atoms with E-state index in [4.69, 9.17) is 0 Å². The zero-order valence-corrected chi connectivity index (χ0v) is 18.0. The Morgan fingerprint density at radius 1 is 0.938 bits per heavy atom. The molecule has 32 heavy (non-hydrogen) atoms. The molecule has 0 saturated heterocycles. The van der Waals surface area contributed by atoms with Gasteiger partial charge in [0.1, 0.15) is 11.6 Å². The SMILES string of the molecule is Cc1ccccc1-c1nc(NS(=O)(=O)c2cccc(NC3CCC3)n2)ccc1C(F)(F)F. The molecule has 1 fully saturated rings. The predicted octanol–water partition coefficient (Wildman–Crippen LogP) is 5.24. The molecule has 2 N–H and O–H groups in total. The van der Waals surface area contributed by atoms with Crippen molar-refractivity contribution in [2.45, 2.75) is 43.4 Å². The van der Waals surface area contributed by atoms with E-state index < -0.39 is 21.8 Å². The summed E-state index contributed by atoms with van der Waals surface area (Å²) in [6.45, 7) is 1.67. The molecule has 2 heterocycles. The molecule has 0 aliphatic heterocycles. The molecule has 3 aromatic rings. The molecule has 0 atom stereocenters. The summed E-state index contributed by atoms with van der Waals surface area (Å²) in [5.41, 5.74) is -0.434. The molecule has 4 rings (SSSR count). The fourth-order valence-corrected chi connectivity index (χ4v) is 4.36. The van der Waals surface area contributed by atoms with E-state index in [9.17, 15) is 21.6 Å². The number of hydrogen-bond acceptors (Lipinski definition) is 5. The first-order valence-electron chi connectivity index (χ1n) is 10.0. The molecule has 1 aliphatic rings. The zero-order valence-electron chi connectivity index (χ0n) is 17.1. The van der Waals surface area contributed by atoms with Crippen LogP contribution in [0.4, 0.5) is 24.8 Å². The minimum absolute atomic E-state index is 0.226. The van der Waals surface area contributed by atoms with Gasteiger partial charge in [0, 0.05) is 11.6 Å². The summed E-state index contributed by atoms with van der Waals surface area (Å²) in [5, 5.41) is 2.92. The van der Waals surface area contributed by atoms with Crippen molar-refractivity contribution in [2.75, 3.05) is 10.0 Å². The summed E-state index contributed by atoms with van der Waals surface area (Å²) >= 11 is 0. The number of nitrogens with zero attached hydrogens (tertiary/aromatic N) is 2. The van der Waals surface area contributed by atoms with Crippen LogP contribution >= 0.6 is 0 Å². The van der Waals surface area contributed by atoms with Gasteiger partial charge in [0.25, 0.3) is 10.0 Å². The fraction of sp³-hybridized carbons (Fsp3) is 0.273. The molecule has 0 bridgehead atoms. The Kier molecular flexibility index (Phi) is 5.81. The number of rotatable bonds is 6. The number of pyridine rings is 2. The molecule has 1 saturated carbocycles. The van der Waals surface area contributed by atoms with Crippen LogP contribution in [0.5, 0.6) is 0 Å². The number of halogens is 3. The Labute approximate surface area is 184 Å². The van der Waals surface area contributed by atoms with Gasteiger partial charge in [-0.2, -0.15) is 21.6 Å². The van der Waals surface area contributed by atoms with Crippen molar-refractivity contribution in [1.82, 2.24) is 9.97 Å². The first-order chi connectivity index (χ1) is 15.1. The van der Waals surface area contributed by atoms with Crippen LogP contribution in [0.2, 0.25) is 0 Å². The number of anilines is 2. The number of nitrogens with one attached hydrogen (secondary N) is 2. The molecule has 0 spiro atoms. The van der Waals surface area contributed by atoms with E-state index in [1.165, 1.54) is 12.1 Å². The van der Waals surface area contributed by atoms with E-state index in [0.717, 1.165) is 31.4 Å². The van der Waals surface area contributed by atoms with Gasteiger partial charge < -0.3 is 5.32 Å². The highest BCUT2D eigenvalue weighted by Crippen LogP contribution is 2.38. The van der Waals surface area contributed by atoms with E-state index in [2.05, 4.69) is 20.0 Å². The number of aromatic nitrogens is 2. The van der Waals surface area contributed by atoms with Crippen LogP contribution in [-0.4, -0.2) is 24.4 Å². The summed E-state index contributed by atoms with van der Waals surface area (Å²) in [5.74, 6) is 0.203. The van der Waals surface area contributed by atoms with Crippen LogP contribution in [0.25, 0.3) is 11.3 Å². The van der Waals surface area contributed by atoms with Crippen LogP contribution in [0.1, 0.15) is 30.4 Å². The van der Waals surface area contributed by atoms with Gasteiger partial charge in [-0.15, -0.1) is 0 Å². The summed E-state index contributed by atoms with van der Waals surface area (Å²) in [7, 11) is -4.16. The maximum atomic E-state index is 13.6. The Hall–Kier alpha value is -3.14. The van der Waals surface area contributed by atoms with Crippen molar-refractivity contribution >= 4 is 21.7 Å². The minimum Gasteiger partial charge on any atom is -0.367 e. The lowest BCUT2D eigenvalue weighted by molar-refractivity contribution is -0.137. The summed E-state index contributed by atoms with van der Waals surface area (Å²) in [6, 6.07) is 13.1. The molecule has 0 unspecified atom stereocenters. The number of sulfonamides is 1. The normalized spacial score (nSPS) is 14.6. The quantitative estimate of drug-likeness (QED) is 0.524. The third kappa shape index (κ3) is 4.69. The molecule has 1 aromatic carbocycles. The smallest absolute Gasteiger partial charge is 0.367 e. The lowest BCUT2D eigenvalue weighted by Gasteiger charge is -2.26. The Balaban J connectivity index is 1.68. The predicted molar refractivity (Wildman–Crippen MR) is 116 cm³/mol. The third-order valence-electron chi connectivity index (χ3n) is 5.30. The van der Waals surface area contributed by atoms with Crippen molar-refractivity contribution in [3.05, 3.63) is 65.7 Å². The lowest BCUT2D eigenvalue weighted by Crippen LogP contribution is -2.27. The van der Waals surface area contributed by atoms with E-state index in [0.29, 0.717) is 11.4 Å². The first-order valence-corrected chi connectivity index (χ1v) is 11.5. The van der Waals surface area contributed by atoms with Gasteiger partial charge >= 0.3 is 6.18 Å². The second-order valence-electron chi connectivity index (χ2n) is 7.64. The average molecular weight is 462 g/mol. The van der Waals surface area contributed by atoms with Crippen LogP contribution in [0, 0.1) is 6.92 Å². The van der Waals surface area contributed by atoms with Crippen molar-refractivity contribution in [3.8, 4) is 11.3 Å². The van der Waals surface area contributed by atoms with E-state index in [1.807, 2.05) is 0 Å². The van der Waals surface area contributed by atoms with Crippen LogP contribution in [0.3, 0.4) is 0 Å². The summed E-state index contributed by atoms with van der Waals surface area (Å²) in [6.07, 6.45) is -1.55. The molecular formula is C22H21F3N4O2S. The van der Waals surface area contributed by atoms with Gasteiger partial charge in [-0.3, -0.25) is 4.72 Å². The van der Waals surface area contributed by atoms with Gasteiger partial charge in [-0.25, -0.2) is 9.97 Å². The molecule has 168 valence electrons. The van der Waals surface area contributed by atoms with E-state index in [1.54, 1.807) is 37.3 Å². The monoisotopic (exact) mass is 462 g/mol. The Morgan fingerprint density at radius 3 is 2.34 bits per heavy atom.